The van der Waals surface area contributed by atoms with Crippen molar-refractivity contribution in [2.24, 2.45) is 0 Å². The normalized spacial score (nSPS) is 20.9. The predicted octanol–water partition coefficient (Wildman–Crippen LogP) is 2.51. The Kier molecular flexibility index (Phi) is 3.79. The van der Waals surface area contributed by atoms with Crippen molar-refractivity contribution in [3.05, 3.63) is 23.1 Å². The average Bonchev–Trinajstić information content (AvgIpc) is 3.12. The van der Waals surface area contributed by atoms with Gasteiger partial charge in [-0.15, -0.1) is 11.3 Å². The predicted molar refractivity (Wildman–Crippen MR) is 86.3 cm³/mol. The van der Waals surface area contributed by atoms with Crippen LogP contribution in [0.4, 0.5) is 5.82 Å². The van der Waals surface area contributed by atoms with Crippen LogP contribution in [-0.2, 0) is 16.3 Å². The van der Waals surface area contributed by atoms with Crippen molar-refractivity contribution >= 4 is 27.0 Å². The zero-order valence-corrected chi connectivity index (χ0v) is 13.6. The molecular weight excluding hydrogens is 306 g/mol. The van der Waals surface area contributed by atoms with Crippen LogP contribution in [0, 0.1) is 0 Å². The van der Waals surface area contributed by atoms with Gasteiger partial charge < -0.3 is 5.73 Å². The maximum absolute atomic E-state index is 11.7. The highest BCUT2D eigenvalue weighted by Gasteiger charge is 2.32. The Bertz CT molecular complexity index is 733. The van der Waals surface area contributed by atoms with Crippen molar-refractivity contribution in [3.63, 3.8) is 0 Å². The fraction of sp³-hybridized carbons (Fsp3) is 0.500. The third-order valence-corrected chi connectivity index (χ3v) is 6.49. The van der Waals surface area contributed by atoms with E-state index in [1.807, 2.05) is 17.5 Å². The highest BCUT2D eigenvalue weighted by atomic mass is 32.2. The Morgan fingerprint density at radius 2 is 2.33 bits per heavy atom. The lowest BCUT2D eigenvalue weighted by molar-refractivity contribution is 0.508. The molecule has 0 aliphatic carbocycles. The molecule has 0 bridgehead atoms. The molecule has 114 valence electrons. The highest BCUT2D eigenvalue weighted by molar-refractivity contribution is 7.91. The molecule has 0 saturated carbocycles. The first-order valence-corrected chi connectivity index (χ1v) is 9.83. The molecule has 2 aromatic rings. The summed E-state index contributed by atoms with van der Waals surface area (Å²) >= 11 is 1.63. The molecule has 21 heavy (non-hydrogen) atoms. The van der Waals surface area contributed by atoms with Crippen molar-refractivity contribution in [3.8, 4) is 10.6 Å². The first-order valence-electron chi connectivity index (χ1n) is 7.13. The second-order valence-electron chi connectivity index (χ2n) is 5.44. The van der Waals surface area contributed by atoms with Crippen molar-refractivity contribution in [2.45, 2.75) is 32.2 Å². The minimum absolute atomic E-state index is 0.126. The largest absolute Gasteiger partial charge is 0.384 e. The molecule has 3 heterocycles. The number of nitrogens with two attached hydrogens (primary N) is 1. The van der Waals surface area contributed by atoms with Crippen molar-refractivity contribution in [1.82, 2.24) is 9.78 Å². The van der Waals surface area contributed by atoms with Gasteiger partial charge in [-0.1, -0.05) is 19.4 Å². The van der Waals surface area contributed by atoms with E-state index in [2.05, 4.69) is 12.0 Å². The van der Waals surface area contributed by atoms with Gasteiger partial charge in [0.1, 0.15) is 11.5 Å². The van der Waals surface area contributed by atoms with Gasteiger partial charge in [0, 0.05) is 5.56 Å². The quantitative estimate of drug-likeness (QED) is 0.937. The lowest BCUT2D eigenvalue weighted by atomic mass is 10.1. The van der Waals surface area contributed by atoms with E-state index in [1.165, 1.54) is 0 Å². The number of rotatable bonds is 4. The van der Waals surface area contributed by atoms with Gasteiger partial charge in [0.25, 0.3) is 0 Å². The Hall–Kier alpha value is -1.34. The monoisotopic (exact) mass is 325 g/mol. The molecule has 0 radical (unpaired) electrons. The van der Waals surface area contributed by atoms with Gasteiger partial charge in [0.05, 0.1) is 22.4 Å². The summed E-state index contributed by atoms with van der Waals surface area (Å²) in [7, 11) is -2.94. The molecule has 1 saturated heterocycles. The SMILES string of the molecule is CCCc1c(-c2cccs2)nn(C2CCS(=O)(=O)C2)c1N. The summed E-state index contributed by atoms with van der Waals surface area (Å²) < 4.78 is 25.1. The maximum atomic E-state index is 11.7. The molecule has 0 amide bonds. The first-order chi connectivity index (χ1) is 10.0. The molecule has 1 aliphatic heterocycles. The van der Waals surface area contributed by atoms with E-state index in [4.69, 9.17) is 5.73 Å². The van der Waals surface area contributed by atoms with E-state index in [0.29, 0.717) is 12.2 Å². The van der Waals surface area contributed by atoms with E-state index in [1.54, 1.807) is 16.0 Å². The van der Waals surface area contributed by atoms with Crippen LogP contribution >= 0.6 is 11.3 Å². The lowest BCUT2D eigenvalue weighted by Gasteiger charge is -2.10. The molecule has 2 N–H and O–H groups in total. The number of aromatic nitrogens is 2. The molecule has 7 heteroatoms. The van der Waals surface area contributed by atoms with Crippen LogP contribution in [0.25, 0.3) is 10.6 Å². The fourth-order valence-corrected chi connectivity index (χ4v) is 5.26. The Balaban J connectivity index is 2.04. The zero-order valence-electron chi connectivity index (χ0n) is 11.9. The van der Waals surface area contributed by atoms with E-state index >= 15 is 0 Å². The molecule has 1 fully saturated rings. The molecule has 3 rings (SSSR count). The molecule has 1 atom stereocenters. The number of nitrogens with zero attached hydrogens (tertiary/aromatic N) is 2. The number of hydrogen-bond acceptors (Lipinski definition) is 5. The number of nitrogen functional groups attached to an aromatic ring is 1. The summed E-state index contributed by atoms with van der Waals surface area (Å²) in [5.41, 5.74) is 8.23. The van der Waals surface area contributed by atoms with Gasteiger partial charge in [-0.3, -0.25) is 0 Å². The summed E-state index contributed by atoms with van der Waals surface area (Å²) in [5.74, 6) is 1.00. The van der Waals surface area contributed by atoms with Gasteiger partial charge in [0.15, 0.2) is 9.84 Å². The second kappa shape index (κ2) is 5.46. The third-order valence-electron chi connectivity index (χ3n) is 3.86. The van der Waals surface area contributed by atoms with Crippen LogP contribution in [0.5, 0.6) is 0 Å². The number of sulfone groups is 1. The molecule has 1 aliphatic rings. The Labute approximate surface area is 128 Å². The second-order valence-corrected chi connectivity index (χ2v) is 8.62. The standard InChI is InChI=1S/C14H19N3O2S2/c1-2-4-11-13(12-5-3-7-20-12)16-17(14(11)15)10-6-8-21(18,19)9-10/h3,5,7,10H,2,4,6,8-9,15H2,1H3. The van der Waals surface area contributed by atoms with E-state index in [9.17, 15) is 8.42 Å². The fourth-order valence-electron chi connectivity index (χ4n) is 2.84. The topological polar surface area (TPSA) is 78.0 Å². The average molecular weight is 325 g/mol. The van der Waals surface area contributed by atoms with Crippen molar-refractivity contribution in [1.29, 1.82) is 0 Å². The minimum atomic E-state index is -2.94. The Morgan fingerprint density at radius 1 is 1.52 bits per heavy atom. The van der Waals surface area contributed by atoms with Gasteiger partial charge in [-0.25, -0.2) is 13.1 Å². The smallest absolute Gasteiger partial charge is 0.152 e. The summed E-state index contributed by atoms with van der Waals surface area (Å²) in [5, 5.41) is 6.67. The summed E-state index contributed by atoms with van der Waals surface area (Å²) in [6.07, 6.45) is 2.44. The Morgan fingerprint density at radius 3 is 2.90 bits per heavy atom. The van der Waals surface area contributed by atoms with Crippen LogP contribution in [0.3, 0.4) is 0 Å². The summed E-state index contributed by atoms with van der Waals surface area (Å²) in [4.78, 5) is 1.09. The molecule has 5 nitrogen and oxygen atoms in total. The minimum Gasteiger partial charge on any atom is -0.384 e. The van der Waals surface area contributed by atoms with Crippen LogP contribution in [0.2, 0.25) is 0 Å². The first kappa shape index (κ1) is 14.6. The molecule has 0 aromatic carbocycles. The zero-order chi connectivity index (χ0) is 15.0. The summed E-state index contributed by atoms with van der Waals surface area (Å²) in [6.45, 7) is 2.11. The van der Waals surface area contributed by atoms with Gasteiger partial charge in [0.2, 0.25) is 0 Å². The highest BCUT2D eigenvalue weighted by Crippen LogP contribution is 2.35. The van der Waals surface area contributed by atoms with Gasteiger partial charge in [-0.05, 0) is 24.3 Å². The van der Waals surface area contributed by atoms with Gasteiger partial charge >= 0.3 is 0 Å². The molecular formula is C14H19N3O2S2. The van der Waals surface area contributed by atoms with Crippen LogP contribution < -0.4 is 5.73 Å². The van der Waals surface area contributed by atoms with Gasteiger partial charge in [-0.2, -0.15) is 5.10 Å². The van der Waals surface area contributed by atoms with Crippen LogP contribution in [0.15, 0.2) is 17.5 Å². The number of anilines is 1. The number of hydrogen-bond donors (Lipinski definition) is 1. The third kappa shape index (κ3) is 2.72. The van der Waals surface area contributed by atoms with Crippen LogP contribution in [0.1, 0.15) is 31.4 Å². The van der Waals surface area contributed by atoms with Crippen molar-refractivity contribution < 1.29 is 8.42 Å². The number of thiophene rings is 1. The molecule has 2 aromatic heterocycles. The molecule has 1 unspecified atom stereocenters. The van der Waals surface area contributed by atoms with E-state index in [0.717, 1.165) is 29.0 Å². The summed E-state index contributed by atoms with van der Waals surface area (Å²) in [6, 6.07) is 3.89. The van der Waals surface area contributed by atoms with Crippen LogP contribution in [-0.4, -0.2) is 29.7 Å². The van der Waals surface area contributed by atoms with Crippen molar-refractivity contribution in [2.75, 3.05) is 17.2 Å². The van der Waals surface area contributed by atoms with E-state index in [-0.39, 0.29) is 17.5 Å². The molecule has 0 spiro atoms. The maximum Gasteiger partial charge on any atom is 0.152 e. The van der Waals surface area contributed by atoms with E-state index < -0.39 is 9.84 Å². The lowest BCUT2D eigenvalue weighted by Crippen LogP contribution is -2.15.